The molecule has 0 aromatic rings. The van der Waals surface area contributed by atoms with Crippen LogP contribution < -0.4 is 0 Å². The van der Waals surface area contributed by atoms with Gasteiger partial charge in [-0.05, 0) is 31.8 Å². The van der Waals surface area contributed by atoms with Gasteiger partial charge in [0.15, 0.2) is 0 Å². The van der Waals surface area contributed by atoms with Crippen LogP contribution in [0.2, 0.25) is 0 Å². The van der Waals surface area contributed by atoms with Crippen LogP contribution in [0.1, 0.15) is 32.6 Å². The molecule has 2 bridgehead atoms. The zero-order valence-corrected chi connectivity index (χ0v) is 14.3. The van der Waals surface area contributed by atoms with Crippen LogP contribution in [0.4, 0.5) is 0 Å². The Balaban J connectivity index is 2.09. The molecule has 0 aromatic carbocycles. The monoisotopic (exact) mass is 390 g/mol. The molecular weight excluding hydrogens is 372 g/mol. The van der Waals surface area contributed by atoms with Crippen molar-refractivity contribution in [3.8, 4) is 12.3 Å². The van der Waals surface area contributed by atoms with E-state index in [-0.39, 0.29) is 24.4 Å². The van der Waals surface area contributed by atoms with Gasteiger partial charge >= 0.3 is 0 Å². The Bertz CT molecular complexity index is 364. The van der Waals surface area contributed by atoms with E-state index >= 15 is 0 Å². The molecule has 3 aliphatic heterocycles. The van der Waals surface area contributed by atoms with Gasteiger partial charge < -0.3 is 9.47 Å². The second-order valence-electron chi connectivity index (χ2n) is 5.14. The van der Waals surface area contributed by atoms with Gasteiger partial charge in [-0.1, -0.05) is 50.8 Å². The standard InChI is InChI=1S/C15H20Br2O2/c1-3-5-6-7-13-15-9-11(17)14(19-13)8-10(16)12(4-2)18-15/h1,5-6,10-15H,4,7-9H2,2H3/b6-5+/t10-,11-,12+,13?,14-,15+/m0/s1. The summed E-state index contributed by atoms with van der Waals surface area (Å²) in [6, 6.07) is 0. The predicted molar refractivity (Wildman–Crippen MR) is 84.9 cm³/mol. The summed E-state index contributed by atoms with van der Waals surface area (Å²) >= 11 is 7.48. The van der Waals surface area contributed by atoms with Gasteiger partial charge in [0.25, 0.3) is 0 Å². The first-order valence-corrected chi connectivity index (χ1v) is 8.69. The van der Waals surface area contributed by atoms with Crippen molar-refractivity contribution in [2.24, 2.45) is 0 Å². The second kappa shape index (κ2) is 7.26. The van der Waals surface area contributed by atoms with Crippen molar-refractivity contribution in [3.05, 3.63) is 12.2 Å². The molecule has 0 radical (unpaired) electrons. The molecule has 6 atom stereocenters. The molecule has 106 valence electrons. The molecule has 0 aromatic heterocycles. The number of ether oxygens (including phenoxy) is 2. The molecule has 19 heavy (non-hydrogen) atoms. The van der Waals surface area contributed by atoms with E-state index in [1.165, 1.54) is 0 Å². The third-order valence-electron chi connectivity index (χ3n) is 3.82. The minimum atomic E-state index is 0.123. The maximum absolute atomic E-state index is 6.27. The molecule has 0 saturated carbocycles. The van der Waals surface area contributed by atoms with Crippen LogP contribution in [0, 0.1) is 12.3 Å². The molecule has 4 heteroatoms. The molecule has 0 spiro atoms. The topological polar surface area (TPSA) is 18.5 Å². The summed E-state index contributed by atoms with van der Waals surface area (Å²) in [5.41, 5.74) is 0. The zero-order chi connectivity index (χ0) is 13.8. The van der Waals surface area contributed by atoms with E-state index in [2.05, 4.69) is 44.7 Å². The highest BCUT2D eigenvalue weighted by Gasteiger charge is 2.42. The minimum Gasteiger partial charge on any atom is -0.371 e. The average Bonchev–Trinajstić information content (AvgIpc) is 2.38. The van der Waals surface area contributed by atoms with Crippen LogP contribution in [-0.4, -0.2) is 34.1 Å². The summed E-state index contributed by atoms with van der Waals surface area (Å²) < 4.78 is 12.5. The fourth-order valence-corrected chi connectivity index (χ4v) is 4.36. The molecule has 3 heterocycles. The largest absolute Gasteiger partial charge is 0.371 e. The van der Waals surface area contributed by atoms with Crippen molar-refractivity contribution in [1.82, 2.24) is 0 Å². The molecule has 3 rings (SSSR count). The Morgan fingerprint density at radius 3 is 2.53 bits per heavy atom. The Hall–Kier alpha value is 0.180. The first-order chi connectivity index (χ1) is 9.15. The van der Waals surface area contributed by atoms with Crippen molar-refractivity contribution in [2.45, 2.75) is 66.7 Å². The van der Waals surface area contributed by atoms with E-state index in [9.17, 15) is 0 Å². The molecular formula is C15H20Br2O2. The number of rotatable bonds is 3. The van der Waals surface area contributed by atoms with Gasteiger partial charge in [0.1, 0.15) is 0 Å². The van der Waals surface area contributed by atoms with Gasteiger partial charge in [-0.3, -0.25) is 0 Å². The predicted octanol–water partition coefficient (Wildman–Crippen LogP) is 3.82. The summed E-state index contributed by atoms with van der Waals surface area (Å²) in [4.78, 5) is 0.746. The smallest absolute Gasteiger partial charge is 0.0876 e. The Kier molecular flexibility index (Phi) is 5.95. The quantitative estimate of drug-likeness (QED) is 0.537. The van der Waals surface area contributed by atoms with Gasteiger partial charge in [-0.15, -0.1) is 6.42 Å². The van der Waals surface area contributed by atoms with Gasteiger partial charge in [0.05, 0.1) is 24.4 Å². The summed E-state index contributed by atoms with van der Waals surface area (Å²) in [5.74, 6) is 2.52. The first kappa shape index (κ1) is 15.6. The second-order valence-corrected chi connectivity index (χ2v) is 7.49. The zero-order valence-electron chi connectivity index (χ0n) is 11.1. The van der Waals surface area contributed by atoms with Crippen molar-refractivity contribution < 1.29 is 9.47 Å². The highest BCUT2D eigenvalue weighted by molar-refractivity contribution is 9.09. The van der Waals surface area contributed by atoms with Crippen molar-refractivity contribution in [3.63, 3.8) is 0 Å². The summed E-state index contributed by atoms with van der Waals surface area (Å²) in [5, 5.41) is 0. The van der Waals surface area contributed by atoms with Crippen LogP contribution in [-0.2, 0) is 9.47 Å². The number of halogens is 2. The fourth-order valence-electron chi connectivity index (χ4n) is 2.78. The number of terminal acetylenes is 1. The molecule has 0 N–H and O–H groups in total. The molecule has 3 saturated heterocycles. The minimum absolute atomic E-state index is 0.123. The molecule has 0 aliphatic carbocycles. The molecule has 3 fully saturated rings. The third kappa shape index (κ3) is 3.85. The number of hydrogen-bond acceptors (Lipinski definition) is 2. The fraction of sp³-hybridized carbons (Fsp3) is 0.733. The number of hydrogen-bond donors (Lipinski definition) is 0. The van der Waals surface area contributed by atoms with Crippen LogP contribution >= 0.6 is 31.9 Å². The van der Waals surface area contributed by atoms with Crippen LogP contribution in [0.25, 0.3) is 0 Å². The van der Waals surface area contributed by atoms with Crippen LogP contribution in [0.15, 0.2) is 12.2 Å². The Labute approximate surface area is 132 Å². The van der Waals surface area contributed by atoms with E-state index in [0.717, 1.165) is 25.7 Å². The van der Waals surface area contributed by atoms with Gasteiger partial charge in [-0.25, -0.2) is 0 Å². The molecule has 1 unspecified atom stereocenters. The first-order valence-electron chi connectivity index (χ1n) is 6.85. The Morgan fingerprint density at radius 1 is 1.16 bits per heavy atom. The van der Waals surface area contributed by atoms with E-state index in [0.29, 0.717) is 9.65 Å². The van der Waals surface area contributed by atoms with E-state index in [4.69, 9.17) is 15.9 Å². The van der Waals surface area contributed by atoms with Crippen LogP contribution in [0.3, 0.4) is 0 Å². The highest BCUT2D eigenvalue weighted by atomic mass is 79.9. The van der Waals surface area contributed by atoms with Gasteiger partial charge in [0.2, 0.25) is 0 Å². The van der Waals surface area contributed by atoms with Gasteiger partial charge in [-0.2, -0.15) is 0 Å². The summed E-state index contributed by atoms with van der Waals surface area (Å²) in [7, 11) is 0. The van der Waals surface area contributed by atoms with Crippen molar-refractivity contribution >= 4 is 31.9 Å². The van der Waals surface area contributed by atoms with Crippen molar-refractivity contribution in [2.75, 3.05) is 0 Å². The normalized spacial score (nSPS) is 42.8. The lowest BCUT2D eigenvalue weighted by atomic mass is 9.92. The third-order valence-corrected chi connectivity index (χ3v) is 5.75. The van der Waals surface area contributed by atoms with E-state index in [1.54, 1.807) is 6.08 Å². The Morgan fingerprint density at radius 2 is 1.84 bits per heavy atom. The maximum atomic E-state index is 6.27. The maximum Gasteiger partial charge on any atom is 0.0876 e. The highest BCUT2D eigenvalue weighted by Crippen LogP contribution is 2.38. The lowest BCUT2D eigenvalue weighted by Crippen LogP contribution is -2.52. The van der Waals surface area contributed by atoms with Crippen molar-refractivity contribution in [1.29, 1.82) is 0 Å². The lowest BCUT2D eigenvalue weighted by molar-refractivity contribution is -0.173. The van der Waals surface area contributed by atoms with Gasteiger partial charge in [0, 0.05) is 9.65 Å². The lowest BCUT2D eigenvalue weighted by Gasteiger charge is -2.45. The van der Waals surface area contributed by atoms with Crippen LogP contribution in [0.5, 0.6) is 0 Å². The number of alkyl halides is 2. The molecule has 2 nitrogen and oxygen atoms in total. The van der Waals surface area contributed by atoms with E-state index in [1.807, 2.05) is 6.08 Å². The number of fused-ring (bicyclic) bond motifs is 5. The average molecular weight is 392 g/mol. The molecule has 3 aliphatic rings. The summed E-state index contributed by atoms with van der Waals surface area (Å²) in [6.45, 7) is 2.17. The summed E-state index contributed by atoms with van der Waals surface area (Å²) in [6.07, 6.45) is 13.6. The SMILES string of the molecule is C#C/C=C/CC1O[C@H]2C[C@H](Br)[C@@H](CC)O[C@@H]1C[C@@H]2Br. The molecule has 0 amide bonds. The van der Waals surface area contributed by atoms with E-state index < -0.39 is 0 Å². The number of allylic oxidation sites excluding steroid dienone is 1.